The van der Waals surface area contributed by atoms with Gasteiger partial charge in [0.05, 0.1) is 25.4 Å². The van der Waals surface area contributed by atoms with Gasteiger partial charge in [0, 0.05) is 11.5 Å². The molecule has 2 aromatic rings. The first-order chi connectivity index (χ1) is 8.24. The lowest BCUT2D eigenvalue weighted by Gasteiger charge is -2.04. The minimum Gasteiger partial charge on any atom is -0.497 e. The molecule has 0 bridgehead atoms. The van der Waals surface area contributed by atoms with Gasteiger partial charge in [-0.2, -0.15) is 5.10 Å². The Labute approximate surface area is 98.9 Å². The van der Waals surface area contributed by atoms with Crippen LogP contribution in [0.25, 0.3) is 10.9 Å². The van der Waals surface area contributed by atoms with E-state index in [4.69, 9.17) is 9.47 Å². The number of fused-ring (bicyclic) bond motifs is 1. The number of methoxy groups -OCH3 is 1. The van der Waals surface area contributed by atoms with Crippen molar-refractivity contribution in [3.8, 4) is 5.75 Å². The van der Waals surface area contributed by atoms with Gasteiger partial charge in [0.25, 0.3) is 0 Å². The highest BCUT2D eigenvalue weighted by Gasteiger charge is 2.08. The number of esters is 1. The van der Waals surface area contributed by atoms with Gasteiger partial charge in [-0.15, -0.1) is 0 Å². The van der Waals surface area contributed by atoms with E-state index in [0.29, 0.717) is 6.61 Å². The van der Waals surface area contributed by atoms with Gasteiger partial charge in [-0.1, -0.05) is 0 Å². The molecule has 17 heavy (non-hydrogen) atoms. The summed E-state index contributed by atoms with van der Waals surface area (Å²) in [7, 11) is 1.60. The average Bonchev–Trinajstić information content (AvgIpc) is 2.72. The summed E-state index contributed by atoms with van der Waals surface area (Å²) in [5, 5.41) is 5.12. The second kappa shape index (κ2) is 4.86. The normalized spacial score (nSPS) is 10.5. The number of carbonyl (C=O) groups excluding carboxylic acids is 1. The molecular weight excluding hydrogens is 220 g/mol. The fourth-order valence-corrected chi connectivity index (χ4v) is 1.63. The third-order valence-electron chi connectivity index (χ3n) is 2.44. The number of aromatic nitrogens is 2. The van der Waals surface area contributed by atoms with Gasteiger partial charge < -0.3 is 9.47 Å². The molecule has 0 radical (unpaired) electrons. The van der Waals surface area contributed by atoms with E-state index >= 15 is 0 Å². The third kappa shape index (κ3) is 2.38. The summed E-state index contributed by atoms with van der Waals surface area (Å²) in [6, 6.07) is 5.61. The van der Waals surface area contributed by atoms with Crippen molar-refractivity contribution in [1.29, 1.82) is 0 Å². The Balaban J connectivity index is 2.30. The van der Waals surface area contributed by atoms with Crippen molar-refractivity contribution in [1.82, 2.24) is 9.78 Å². The van der Waals surface area contributed by atoms with E-state index in [2.05, 4.69) is 5.10 Å². The molecule has 1 aromatic heterocycles. The monoisotopic (exact) mass is 234 g/mol. The van der Waals surface area contributed by atoms with Crippen molar-refractivity contribution < 1.29 is 14.3 Å². The van der Waals surface area contributed by atoms with Crippen LogP contribution in [-0.4, -0.2) is 29.5 Å². The number of rotatable bonds is 4. The molecule has 0 amide bonds. The molecule has 90 valence electrons. The molecule has 2 rings (SSSR count). The van der Waals surface area contributed by atoms with Gasteiger partial charge in [0.1, 0.15) is 12.3 Å². The summed E-state index contributed by atoms with van der Waals surface area (Å²) < 4.78 is 11.6. The van der Waals surface area contributed by atoms with Crippen molar-refractivity contribution in [2.45, 2.75) is 13.5 Å². The highest BCUT2D eigenvalue weighted by Crippen LogP contribution is 2.20. The molecule has 0 aliphatic carbocycles. The topological polar surface area (TPSA) is 53.4 Å². The third-order valence-corrected chi connectivity index (χ3v) is 2.44. The molecule has 0 saturated carbocycles. The minimum atomic E-state index is -0.291. The number of nitrogens with zero attached hydrogens (tertiary/aromatic N) is 2. The SMILES string of the molecule is CCOC(=O)Cn1ncc2ccc(OC)cc21. The molecule has 0 spiro atoms. The molecule has 0 aliphatic rings. The first-order valence-electron chi connectivity index (χ1n) is 5.39. The maximum atomic E-state index is 11.4. The van der Waals surface area contributed by atoms with E-state index in [1.807, 2.05) is 18.2 Å². The van der Waals surface area contributed by atoms with Gasteiger partial charge >= 0.3 is 5.97 Å². The first kappa shape index (κ1) is 11.4. The largest absolute Gasteiger partial charge is 0.497 e. The smallest absolute Gasteiger partial charge is 0.327 e. The molecule has 5 nitrogen and oxygen atoms in total. The van der Waals surface area contributed by atoms with E-state index in [0.717, 1.165) is 16.7 Å². The van der Waals surface area contributed by atoms with Crippen molar-refractivity contribution in [3.05, 3.63) is 24.4 Å². The minimum absolute atomic E-state index is 0.116. The van der Waals surface area contributed by atoms with Gasteiger partial charge in [0.15, 0.2) is 0 Å². The van der Waals surface area contributed by atoms with Gasteiger partial charge in [-0.25, -0.2) is 0 Å². The van der Waals surface area contributed by atoms with Gasteiger partial charge in [-0.05, 0) is 19.1 Å². The Bertz CT molecular complexity index is 534. The van der Waals surface area contributed by atoms with Crippen LogP contribution in [0.3, 0.4) is 0 Å². The molecule has 5 heteroatoms. The number of benzene rings is 1. The lowest BCUT2D eigenvalue weighted by atomic mass is 10.2. The highest BCUT2D eigenvalue weighted by atomic mass is 16.5. The summed E-state index contributed by atoms with van der Waals surface area (Å²) in [5.41, 5.74) is 0.859. The summed E-state index contributed by atoms with van der Waals surface area (Å²) in [5.74, 6) is 0.448. The van der Waals surface area contributed by atoms with Crippen LogP contribution in [0.4, 0.5) is 0 Å². The Morgan fingerprint density at radius 1 is 1.47 bits per heavy atom. The van der Waals surface area contributed by atoms with E-state index < -0.39 is 0 Å². The van der Waals surface area contributed by atoms with Crippen LogP contribution in [0, 0.1) is 0 Å². The van der Waals surface area contributed by atoms with E-state index in [9.17, 15) is 4.79 Å². The molecule has 0 atom stereocenters. The molecule has 1 heterocycles. The number of hydrogen-bond donors (Lipinski definition) is 0. The Morgan fingerprint density at radius 2 is 2.29 bits per heavy atom. The summed E-state index contributed by atoms with van der Waals surface area (Å²) >= 11 is 0. The van der Waals surface area contributed by atoms with Crippen LogP contribution < -0.4 is 4.74 Å². The predicted octanol–water partition coefficient (Wildman–Crippen LogP) is 1.61. The van der Waals surface area contributed by atoms with Crippen molar-refractivity contribution in [3.63, 3.8) is 0 Å². The maximum Gasteiger partial charge on any atom is 0.327 e. The lowest BCUT2D eigenvalue weighted by Crippen LogP contribution is -2.14. The molecular formula is C12H14N2O3. The quantitative estimate of drug-likeness (QED) is 0.754. The maximum absolute atomic E-state index is 11.4. The number of carbonyl (C=O) groups is 1. The average molecular weight is 234 g/mol. The van der Waals surface area contributed by atoms with Crippen LogP contribution in [0.1, 0.15) is 6.92 Å². The molecule has 0 N–H and O–H groups in total. The van der Waals surface area contributed by atoms with Gasteiger partial charge in [0.2, 0.25) is 0 Å². The van der Waals surface area contributed by atoms with Gasteiger partial charge in [-0.3, -0.25) is 9.48 Å². The van der Waals surface area contributed by atoms with E-state index in [-0.39, 0.29) is 12.5 Å². The Morgan fingerprint density at radius 3 is 3.00 bits per heavy atom. The zero-order valence-electron chi connectivity index (χ0n) is 9.84. The van der Waals surface area contributed by atoms with Crippen LogP contribution >= 0.6 is 0 Å². The number of hydrogen-bond acceptors (Lipinski definition) is 4. The molecule has 0 unspecified atom stereocenters. The van der Waals surface area contributed by atoms with Crippen LogP contribution in [0.15, 0.2) is 24.4 Å². The van der Waals surface area contributed by atoms with E-state index in [1.165, 1.54) is 0 Å². The molecule has 1 aromatic carbocycles. The second-order valence-corrected chi connectivity index (χ2v) is 3.53. The van der Waals surface area contributed by atoms with Crippen molar-refractivity contribution in [2.75, 3.05) is 13.7 Å². The van der Waals surface area contributed by atoms with Crippen molar-refractivity contribution >= 4 is 16.9 Å². The number of ether oxygens (including phenoxy) is 2. The standard InChI is InChI=1S/C12H14N2O3/c1-3-17-12(15)8-14-11-6-10(16-2)5-4-9(11)7-13-14/h4-7H,3,8H2,1-2H3. The van der Waals surface area contributed by atoms with Crippen molar-refractivity contribution in [2.24, 2.45) is 0 Å². The zero-order valence-corrected chi connectivity index (χ0v) is 9.84. The molecule has 0 fully saturated rings. The Kier molecular flexibility index (Phi) is 3.27. The molecule has 0 saturated heterocycles. The fraction of sp³-hybridized carbons (Fsp3) is 0.333. The summed E-state index contributed by atoms with van der Waals surface area (Å²) in [6.45, 7) is 2.27. The highest BCUT2D eigenvalue weighted by molar-refractivity contribution is 5.81. The Hall–Kier alpha value is -2.04. The summed E-state index contributed by atoms with van der Waals surface area (Å²) in [4.78, 5) is 11.4. The molecule has 0 aliphatic heterocycles. The lowest BCUT2D eigenvalue weighted by molar-refractivity contribution is -0.143. The van der Waals surface area contributed by atoms with Crippen LogP contribution in [0.2, 0.25) is 0 Å². The fourth-order valence-electron chi connectivity index (χ4n) is 1.63. The van der Waals surface area contributed by atoms with Crippen LogP contribution in [-0.2, 0) is 16.1 Å². The van der Waals surface area contributed by atoms with Crippen LogP contribution in [0.5, 0.6) is 5.75 Å². The van der Waals surface area contributed by atoms with E-state index in [1.54, 1.807) is 24.9 Å². The second-order valence-electron chi connectivity index (χ2n) is 3.53. The first-order valence-corrected chi connectivity index (χ1v) is 5.39. The summed E-state index contributed by atoms with van der Waals surface area (Å²) in [6.07, 6.45) is 1.72. The predicted molar refractivity (Wildman–Crippen MR) is 62.9 cm³/mol. The zero-order chi connectivity index (χ0) is 12.3.